The van der Waals surface area contributed by atoms with Gasteiger partial charge in [-0.3, -0.25) is 10.1 Å². The van der Waals surface area contributed by atoms with Crippen LogP contribution in [0.4, 0.5) is 9.52 Å². The summed E-state index contributed by atoms with van der Waals surface area (Å²) in [6, 6.07) is 16.4. The first-order valence-corrected chi connectivity index (χ1v) is 9.42. The summed E-state index contributed by atoms with van der Waals surface area (Å²) >= 11 is 1.49. The van der Waals surface area contributed by atoms with Gasteiger partial charge in [0, 0.05) is 12.0 Å². The van der Waals surface area contributed by atoms with E-state index in [0.29, 0.717) is 5.13 Å². The quantitative estimate of drug-likeness (QED) is 0.744. The number of carbonyl (C=O) groups excluding carboxylic acids is 1. The number of nitrogens with zero attached hydrogens (tertiary/aromatic N) is 1. The summed E-state index contributed by atoms with van der Waals surface area (Å²) in [4.78, 5) is 19.5. The van der Waals surface area contributed by atoms with Crippen LogP contribution < -0.4 is 10.2 Å². The Bertz CT molecular complexity index is 926. The number of quaternary nitrogens is 1. The lowest BCUT2D eigenvalue weighted by Gasteiger charge is -2.22. The highest BCUT2D eigenvalue weighted by molar-refractivity contribution is 7.15. The van der Waals surface area contributed by atoms with Gasteiger partial charge in [0.25, 0.3) is 5.91 Å². The molecule has 1 aliphatic heterocycles. The molecule has 1 atom stereocenters. The van der Waals surface area contributed by atoms with E-state index < -0.39 is 11.7 Å². The van der Waals surface area contributed by atoms with Gasteiger partial charge in [0.05, 0.1) is 22.7 Å². The second kappa shape index (κ2) is 7.35. The number of benzene rings is 2. The molecular formula is C20H19FN3OS+. The van der Waals surface area contributed by atoms with E-state index in [9.17, 15) is 9.18 Å². The van der Waals surface area contributed by atoms with Crippen molar-refractivity contribution in [2.24, 2.45) is 0 Å². The van der Waals surface area contributed by atoms with Gasteiger partial charge >= 0.3 is 0 Å². The molecule has 6 heteroatoms. The zero-order valence-corrected chi connectivity index (χ0v) is 15.0. The molecule has 0 saturated carbocycles. The lowest BCUT2D eigenvalue weighted by Crippen LogP contribution is -3.10. The third-order valence-electron chi connectivity index (χ3n) is 4.54. The van der Waals surface area contributed by atoms with Gasteiger partial charge in [-0.25, -0.2) is 9.37 Å². The van der Waals surface area contributed by atoms with Crippen LogP contribution in [0.15, 0.2) is 54.6 Å². The van der Waals surface area contributed by atoms with Gasteiger partial charge in [-0.15, -0.1) is 0 Å². The zero-order chi connectivity index (χ0) is 17.9. The number of thiazole rings is 1. The molecule has 4 rings (SSSR count). The smallest absolute Gasteiger partial charge is 0.260 e. The number of hydrogen-bond donors (Lipinski definition) is 2. The van der Waals surface area contributed by atoms with E-state index in [1.165, 1.54) is 38.8 Å². The molecule has 0 spiro atoms. The Balaban J connectivity index is 1.44. The van der Waals surface area contributed by atoms with E-state index in [1.807, 2.05) is 6.07 Å². The zero-order valence-electron chi connectivity index (χ0n) is 14.2. The minimum atomic E-state index is -0.523. The second-order valence-corrected chi connectivity index (χ2v) is 7.50. The molecule has 132 valence electrons. The van der Waals surface area contributed by atoms with Crippen molar-refractivity contribution >= 4 is 22.4 Å². The molecule has 3 aromatic rings. The Morgan fingerprint density at radius 2 is 1.92 bits per heavy atom. The van der Waals surface area contributed by atoms with Crippen LogP contribution in [0.1, 0.15) is 26.5 Å². The van der Waals surface area contributed by atoms with Crippen LogP contribution in [0.25, 0.3) is 0 Å². The number of fused-ring (bicyclic) bond motifs is 1. The fourth-order valence-corrected chi connectivity index (χ4v) is 4.30. The number of hydrogen-bond acceptors (Lipinski definition) is 3. The molecule has 0 aliphatic carbocycles. The van der Waals surface area contributed by atoms with Crippen LogP contribution in [-0.4, -0.2) is 17.4 Å². The van der Waals surface area contributed by atoms with Crippen molar-refractivity contribution in [1.82, 2.24) is 4.98 Å². The molecule has 1 aliphatic rings. The van der Waals surface area contributed by atoms with E-state index in [-0.39, 0.29) is 5.56 Å². The average Bonchev–Trinajstić information content (AvgIpc) is 3.04. The maximum atomic E-state index is 13.7. The minimum absolute atomic E-state index is 0.0389. The van der Waals surface area contributed by atoms with Crippen molar-refractivity contribution < 1.29 is 14.1 Å². The number of halogens is 1. The van der Waals surface area contributed by atoms with Gasteiger partial charge in [0.15, 0.2) is 5.13 Å². The molecule has 2 heterocycles. The molecule has 4 nitrogen and oxygen atoms in total. The molecule has 1 aromatic heterocycles. The summed E-state index contributed by atoms with van der Waals surface area (Å²) in [5.41, 5.74) is 2.41. The van der Waals surface area contributed by atoms with Gasteiger partial charge in [-0.2, -0.15) is 0 Å². The van der Waals surface area contributed by atoms with Crippen LogP contribution in [0.5, 0.6) is 0 Å². The Labute approximate surface area is 155 Å². The Morgan fingerprint density at radius 3 is 2.73 bits per heavy atom. The first-order valence-electron chi connectivity index (χ1n) is 8.61. The third-order valence-corrected chi connectivity index (χ3v) is 5.55. The first-order chi connectivity index (χ1) is 12.7. The number of aromatic nitrogens is 1. The summed E-state index contributed by atoms with van der Waals surface area (Å²) in [6.45, 7) is 2.90. The molecule has 26 heavy (non-hydrogen) atoms. The number of anilines is 1. The average molecular weight is 368 g/mol. The molecule has 0 fully saturated rings. The molecule has 0 bridgehead atoms. The predicted molar refractivity (Wildman–Crippen MR) is 99.9 cm³/mol. The van der Waals surface area contributed by atoms with Crippen molar-refractivity contribution in [3.8, 4) is 0 Å². The van der Waals surface area contributed by atoms with Crippen LogP contribution in [0.3, 0.4) is 0 Å². The van der Waals surface area contributed by atoms with Crippen LogP contribution >= 0.6 is 11.3 Å². The van der Waals surface area contributed by atoms with Crippen molar-refractivity contribution in [2.45, 2.75) is 19.5 Å². The molecule has 2 aromatic carbocycles. The molecule has 0 radical (unpaired) electrons. The van der Waals surface area contributed by atoms with Crippen LogP contribution in [0.2, 0.25) is 0 Å². The molecule has 1 amide bonds. The lowest BCUT2D eigenvalue weighted by molar-refractivity contribution is -0.929. The topological polar surface area (TPSA) is 46.4 Å². The van der Waals surface area contributed by atoms with E-state index >= 15 is 0 Å². The van der Waals surface area contributed by atoms with E-state index in [1.54, 1.807) is 12.1 Å². The van der Waals surface area contributed by atoms with Gasteiger partial charge in [0.1, 0.15) is 18.9 Å². The first kappa shape index (κ1) is 16.9. The van der Waals surface area contributed by atoms with Crippen molar-refractivity contribution in [2.75, 3.05) is 11.9 Å². The highest BCUT2D eigenvalue weighted by Crippen LogP contribution is 2.25. The molecule has 2 N–H and O–H groups in total. The fraction of sp³-hybridized carbons (Fsp3) is 0.200. The second-order valence-electron chi connectivity index (χ2n) is 6.41. The van der Waals surface area contributed by atoms with E-state index in [0.717, 1.165) is 31.7 Å². The van der Waals surface area contributed by atoms with Gasteiger partial charge < -0.3 is 4.90 Å². The predicted octanol–water partition coefficient (Wildman–Crippen LogP) is 2.68. The van der Waals surface area contributed by atoms with Crippen molar-refractivity contribution in [3.63, 3.8) is 0 Å². The van der Waals surface area contributed by atoms with Crippen molar-refractivity contribution in [3.05, 3.63) is 82.1 Å². The highest BCUT2D eigenvalue weighted by Gasteiger charge is 2.24. The Hall–Kier alpha value is -2.57. The SMILES string of the molecule is O=C(Nc1nc2c(s1)C[NH+](Cc1ccccc1)CC2)c1ccccc1F. The minimum Gasteiger partial charge on any atom is -0.326 e. The maximum Gasteiger partial charge on any atom is 0.260 e. The fourth-order valence-electron chi connectivity index (χ4n) is 3.23. The highest BCUT2D eigenvalue weighted by atomic mass is 32.1. The van der Waals surface area contributed by atoms with Crippen LogP contribution in [0, 0.1) is 5.82 Å². The van der Waals surface area contributed by atoms with Gasteiger partial charge in [0.2, 0.25) is 0 Å². The maximum absolute atomic E-state index is 13.7. The van der Waals surface area contributed by atoms with E-state index in [4.69, 9.17) is 0 Å². The number of amides is 1. The summed E-state index contributed by atoms with van der Waals surface area (Å²) in [7, 11) is 0. The number of carbonyl (C=O) groups is 1. The van der Waals surface area contributed by atoms with Gasteiger partial charge in [-0.05, 0) is 12.1 Å². The number of nitrogens with one attached hydrogen (secondary N) is 2. The molecular weight excluding hydrogens is 349 g/mol. The summed E-state index contributed by atoms with van der Waals surface area (Å²) in [5.74, 6) is -0.979. The summed E-state index contributed by atoms with van der Waals surface area (Å²) < 4.78 is 13.7. The Kier molecular flexibility index (Phi) is 4.77. The summed E-state index contributed by atoms with van der Waals surface area (Å²) in [6.07, 6.45) is 0.892. The lowest BCUT2D eigenvalue weighted by atomic mass is 10.1. The number of rotatable bonds is 4. The molecule has 0 saturated heterocycles. The Morgan fingerprint density at radius 1 is 1.15 bits per heavy atom. The normalized spacial score (nSPS) is 16.1. The molecule has 1 unspecified atom stereocenters. The van der Waals surface area contributed by atoms with Crippen LogP contribution in [-0.2, 0) is 19.5 Å². The monoisotopic (exact) mass is 368 g/mol. The van der Waals surface area contributed by atoms with Crippen molar-refractivity contribution in [1.29, 1.82) is 0 Å². The summed E-state index contributed by atoms with van der Waals surface area (Å²) in [5, 5.41) is 3.29. The van der Waals surface area contributed by atoms with Gasteiger partial charge in [-0.1, -0.05) is 53.8 Å². The third kappa shape index (κ3) is 3.66. The van der Waals surface area contributed by atoms with E-state index in [2.05, 4.69) is 34.6 Å². The largest absolute Gasteiger partial charge is 0.326 e. The standard InChI is InChI=1S/C20H18FN3OS/c21-16-9-5-4-8-15(16)19(25)23-20-22-17-10-11-24(13-18(17)26-20)12-14-6-2-1-3-7-14/h1-9H,10-13H2,(H,22,23,25)/p+1.